The number of hydrogen-bond donors (Lipinski definition) is 0. The largest absolute Gasteiger partial charge is 0.447 e. The summed E-state index contributed by atoms with van der Waals surface area (Å²) in [4.78, 5) is 25.4. The smallest absolute Gasteiger partial charge is 0.416 e. The topological polar surface area (TPSA) is 46.6 Å². The third-order valence-electron chi connectivity index (χ3n) is 4.09. The molecule has 1 aromatic carbocycles. The average molecular weight is 289 g/mol. The fraction of sp³-hybridized carbons (Fsp3) is 0.529. The van der Waals surface area contributed by atoms with Crippen LogP contribution in [0, 0.1) is 5.92 Å². The summed E-state index contributed by atoms with van der Waals surface area (Å²) >= 11 is 0. The Kier molecular flexibility index (Phi) is 5.37. The molecule has 0 radical (unpaired) electrons. The van der Waals surface area contributed by atoms with Crippen molar-refractivity contribution in [1.29, 1.82) is 0 Å². The van der Waals surface area contributed by atoms with Crippen LogP contribution in [0.4, 0.5) is 4.79 Å². The predicted molar refractivity (Wildman–Crippen MR) is 80.8 cm³/mol. The van der Waals surface area contributed by atoms with Gasteiger partial charge in [-0.1, -0.05) is 50.6 Å². The van der Waals surface area contributed by atoms with Gasteiger partial charge >= 0.3 is 6.09 Å². The molecule has 0 N–H and O–H groups in total. The predicted octanol–water partition coefficient (Wildman–Crippen LogP) is 3.40. The van der Waals surface area contributed by atoms with E-state index in [1.807, 2.05) is 30.3 Å². The third kappa shape index (κ3) is 4.06. The van der Waals surface area contributed by atoms with Crippen molar-refractivity contribution >= 4 is 12.0 Å². The van der Waals surface area contributed by atoms with Crippen LogP contribution in [0.2, 0.25) is 0 Å². The molecule has 114 valence electrons. The molecule has 1 fully saturated rings. The maximum absolute atomic E-state index is 12.3. The van der Waals surface area contributed by atoms with Crippen LogP contribution < -0.4 is 0 Å². The molecule has 4 nitrogen and oxygen atoms in total. The minimum Gasteiger partial charge on any atom is -0.447 e. The molecule has 4 heteroatoms. The molecule has 0 bridgehead atoms. The normalized spacial score (nSPS) is 19.4. The highest BCUT2D eigenvalue weighted by molar-refractivity contribution is 5.93. The van der Waals surface area contributed by atoms with Crippen molar-refractivity contribution in [2.24, 2.45) is 5.92 Å². The molecule has 1 aliphatic heterocycles. The maximum Gasteiger partial charge on any atom is 0.416 e. The molecule has 0 aromatic heterocycles. The second-order valence-electron chi connectivity index (χ2n) is 5.74. The number of cyclic esters (lactones) is 1. The van der Waals surface area contributed by atoms with Crippen LogP contribution in [0.15, 0.2) is 30.3 Å². The number of carbonyl (C=O) groups excluding carboxylic acids is 2. The Labute approximate surface area is 126 Å². The molecular formula is C17H23NO3. The summed E-state index contributed by atoms with van der Waals surface area (Å²) in [6, 6.07) is 9.71. The Morgan fingerprint density at radius 2 is 2.10 bits per heavy atom. The Hall–Kier alpha value is -1.84. The number of benzene rings is 1. The van der Waals surface area contributed by atoms with E-state index < -0.39 is 6.09 Å². The summed E-state index contributed by atoms with van der Waals surface area (Å²) in [5.41, 5.74) is 1.11. The van der Waals surface area contributed by atoms with Gasteiger partial charge in [0.1, 0.15) is 6.61 Å². The summed E-state index contributed by atoms with van der Waals surface area (Å²) in [5, 5.41) is 0. The average Bonchev–Trinajstić information content (AvgIpc) is 2.86. The molecule has 0 spiro atoms. The zero-order valence-corrected chi connectivity index (χ0v) is 12.7. The lowest BCUT2D eigenvalue weighted by atomic mass is 10.0. The van der Waals surface area contributed by atoms with Gasteiger partial charge in [0.15, 0.2) is 0 Å². The minimum atomic E-state index is -0.495. The monoisotopic (exact) mass is 289 g/mol. The second-order valence-corrected chi connectivity index (χ2v) is 5.74. The van der Waals surface area contributed by atoms with Gasteiger partial charge in [0, 0.05) is 6.42 Å². The lowest BCUT2D eigenvalue weighted by Crippen LogP contribution is -2.40. The highest BCUT2D eigenvalue weighted by Crippen LogP contribution is 2.20. The molecule has 0 saturated carbocycles. The zero-order valence-electron chi connectivity index (χ0n) is 12.7. The van der Waals surface area contributed by atoms with Gasteiger partial charge in [-0.15, -0.1) is 0 Å². The molecule has 1 aliphatic rings. The summed E-state index contributed by atoms with van der Waals surface area (Å²) in [7, 11) is 0. The van der Waals surface area contributed by atoms with E-state index in [2.05, 4.69) is 13.8 Å². The molecule has 0 aliphatic carbocycles. The molecule has 2 rings (SSSR count). The lowest BCUT2D eigenvalue weighted by Gasteiger charge is -2.20. The molecule has 21 heavy (non-hydrogen) atoms. The molecule has 2 amide bonds. The van der Waals surface area contributed by atoms with E-state index in [-0.39, 0.29) is 11.9 Å². The number of imide groups is 1. The second kappa shape index (κ2) is 7.25. The van der Waals surface area contributed by atoms with Crippen molar-refractivity contribution in [2.75, 3.05) is 6.61 Å². The number of amides is 2. The zero-order chi connectivity index (χ0) is 15.2. The Morgan fingerprint density at radius 3 is 2.76 bits per heavy atom. The van der Waals surface area contributed by atoms with E-state index in [1.54, 1.807) is 0 Å². The standard InChI is InChI=1S/C17H23NO3/c1-3-13(2)9-10-16(19)18-15(12-21-17(18)20)11-14-7-5-4-6-8-14/h4-8,13,15H,3,9-12H2,1-2H3/t13-,15-/m0/s1. The maximum atomic E-state index is 12.3. The first-order valence-electron chi connectivity index (χ1n) is 7.64. The van der Waals surface area contributed by atoms with Crippen molar-refractivity contribution < 1.29 is 14.3 Å². The summed E-state index contributed by atoms with van der Waals surface area (Å²) in [5.74, 6) is 0.388. The van der Waals surface area contributed by atoms with Crippen LogP contribution in [0.25, 0.3) is 0 Å². The third-order valence-corrected chi connectivity index (χ3v) is 4.09. The molecule has 1 heterocycles. The Morgan fingerprint density at radius 1 is 1.38 bits per heavy atom. The molecule has 1 saturated heterocycles. The van der Waals surface area contributed by atoms with E-state index in [4.69, 9.17) is 4.74 Å². The fourth-order valence-corrected chi connectivity index (χ4v) is 2.50. The number of carbonyl (C=O) groups is 2. The van der Waals surface area contributed by atoms with Crippen LogP contribution in [-0.2, 0) is 16.0 Å². The van der Waals surface area contributed by atoms with E-state index in [0.717, 1.165) is 18.4 Å². The molecule has 1 aromatic rings. The first-order chi connectivity index (χ1) is 10.1. The van der Waals surface area contributed by atoms with Crippen LogP contribution in [0.3, 0.4) is 0 Å². The number of rotatable bonds is 6. The van der Waals surface area contributed by atoms with Gasteiger partial charge < -0.3 is 4.74 Å². The number of ether oxygens (including phenoxy) is 1. The van der Waals surface area contributed by atoms with Crippen LogP contribution in [0.5, 0.6) is 0 Å². The van der Waals surface area contributed by atoms with E-state index >= 15 is 0 Å². The van der Waals surface area contributed by atoms with Gasteiger partial charge in [-0.2, -0.15) is 0 Å². The molecule has 0 unspecified atom stereocenters. The van der Waals surface area contributed by atoms with Crippen LogP contribution in [-0.4, -0.2) is 29.5 Å². The van der Waals surface area contributed by atoms with Gasteiger partial charge in [-0.05, 0) is 24.3 Å². The van der Waals surface area contributed by atoms with Crippen molar-refractivity contribution in [3.8, 4) is 0 Å². The SMILES string of the molecule is CC[C@H](C)CCC(=O)N1C(=O)OC[C@@H]1Cc1ccccc1. The summed E-state index contributed by atoms with van der Waals surface area (Å²) in [6.45, 7) is 4.53. The summed E-state index contributed by atoms with van der Waals surface area (Å²) in [6.07, 6.45) is 2.43. The van der Waals surface area contributed by atoms with Crippen molar-refractivity contribution in [1.82, 2.24) is 4.90 Å². The van der Waals surface area contributed by atoms with Gasteiger partial charge in [-0.3, -0.25) is 4.79 Å². The number of nitrogens with zero attached hydrogens (tertiary/aromatic N) is 1. The van der Waals surface area contributed by atoms with E-state index in [1.165, 1.54) is 4.90 Å². The van der Waals surface area contributed by atoms with Crippen LogP contribution in [0.1, 0.15) is 38.7 Å². The Balaban J connectivity index is 1.98. The van der Waals surface area contributed by atoms with Crippen molar-refractivity contribution in [2.45, 2.75) is 45.6 Å². The van der Waals surface area contributed by atoms with Gasteiger partial charge in [0.2, 0.25) is 5.91 Å². The van der Waals surface area contributed by atoms with Gasteiger partial charge in [-0.25, -0.2) is 9.69 Å². The highest BCUT2D eigenvalue weighted by Gasteiger charge is 2.37. The van der Waals surface area contributed by atoms with E-state index in [0.29, 0.717) is 25.4 Å². The summed E-state index contributed by atoms with van der Waals surface area (Å²) < 4.78 is 5.07. The fourth-order valence-electron chi connectivity index (χ4n) is 2.50. The quantitative estimate of drug-likeness (QED) is 0.806. The van der Waals surface area contributed by atoms with Crippen molar-refractivity contribution in [3.05, 3.63) is 35.9 Å². The lowest BCUT2D eigenvalue weighted by molar-refractivity contribution is -0.129. The Bertz CT molecular complexity index is 486. The van der Waals surface area contributed by atoms with Gasteiger partial charge in [0.05, 0.1) is 6.04 Å². The number of hydrogen-bond acceptors (Lipinski definition) is 3. The molecule has 2 atom stereocenters. The highest BCUT2D eigenvalue weighted by atomic mass is 16.6. The van der Waals surface area contributed by atoms with Gasteiger partial charge in [0.25, 0.3) is 0 Å². The first-order valence-corrected chi connectivity index (χ1v) is 7.64. The molecular weight excluding hydrogens is 266 g/mol. The van der Waals surface area contributed by atoms with E-state index in [9.17, 15) is 9.59 Å². The van der Waals surface area contributed by atoms with Crippen LogP contribution >= 0.6 is 0 Å². The van der Waals surface area contributed by atoms with Crippen molar-refractivity contribution in [3.63, 3.8) is 0 Å². The minimum absolute atomic E-state index is 0.112. The first kappa shape index (κ1) is 15.5.